The molecule has 1 aliphatic rings. The van der Waals surface area contributed by atoms with Crippen LogP contribution in [0.15, 0.2) is 24.3 Å². The van der Waals surface area contributed by atoms with Gasteiger partial charge in [-0.25, -0.2) is 0 Å². The van der Waals surface area contributed by atoms with E-state index in [1.54, 1.807) is 7.11 Å². The number of carbonyl (C=O) groups excluding carboxylic acids is 1. The van der Waals surface area contributed by atoms with E-state index in [4.69, 9.17) is 4.74 Å². The molecule has 1 aliphatic heterocycles. The van der Waals surface area contributed by atoms with Crippen molar-refractivity contribution in [2.75, 3.05) is 19.4 Å². The van der Waals surface area contributed by atoms with Crippen molar-refractivity contribution in [2.24, 2.45) is 0 Å². The predicted octanol–water partition coefficient (Wildman–Crippen LogP) is 2.23. The molecule has 17 heavy (non-hydrogen) atoms. The van der Waals surface area contributed by atoms with E-state index >= 15 is 0 Å². The fourth-order valence-corrected chi connectivity index (χ4v) is 2.65. The summed E-state index contributed by atoms with van der Waals surface area (Å²) >= 11 is 4.31. The number of benzene rings is 1. The molecule has 92 valence electrons. The zero-order valence-corrected chi connectivity index (χ0v) is 10.8. The minimum Gasteiger partial charge on any atom is -0.496 e. The minimum absolute atomic E-state index is 0.0546. The summed E-state index contributed by atoms with van der Waals surface area (Å²) in [5.74, 6) is 1.42. The molecule has 1 saturated heterocycles. The van der Waals surface area contributed by atoms with E-state index in [0.29, 0.717) is 11.3 Å². The van der Waals surface area contributed by atoms with Crippen molar-refractivity contribution in [3.05, 3.63) is 29.8 Å². The van der Waals surface area contributed by atoms with Crippen LogP contribution in [0.2, 0.25) is 0 Å². The maximum Gasteiger partial charge on any atom is 0.257 e. The molecule has 1 aromatic rings. The Morgan fingerprint density at radius 2 is 2.29 bits per heavy atom. The molecule has 1 fully saturated rings. The molecule has 1 heterocycles. The van der Waals surface area contributed by atoms with Gasteiger partial charge in [0, 0.05) is 18.3 Å². The third kappa shape index (κ3) is 2.41. The first kappa shape index (κ1) is 12.3. The third-order valence-corrected chi connectivity index (χ3v) is 3.61. The first-order valence-corrected chi connectivity index (χ1v) is 6.46. The Kier molecular flexibility index (Phi) is 3.94. The highest BCUT2D eigenvalue weighted by Gasteiger charge is 2.29. The fraction of sp³-hybridized carbons (Fsp3) is 0.462. The van der Waals surface area contributed by atoms with Gasteiger partial charge in [-0.05, 0) is 25.0 Å². The summed E-state index contributed by atoms with van der Waals surface area (Å²) in [7, 11) is 1.59. The lowest BCUT2D eigenvalue weighted by molar-refractivity contribution is 0.0746. The average Bonchev–Trinajstić information content (AvgIpc) is 2.86. The van der Waals surface area contributed by atoms with Gasteiger partial charge in [0.25, 0.3) is 5.91 Å². The topological polar surface area (TPSA) is 29.5 Å². The summed E-state index contributed by atoms with van der Waals surface area (Å²) in [4.78, 5) is 14.3. The molecule has 4 heteroatoms. The highest BCUT2D eigenvalue weighted by atomic mass is 32.1. The number of likely N-dealkylation sites (tertiary alicyclic amines) is 1. The van der Waals surface area contributed by atoms with Crippen LogP contribution in [0.3, 0.4) is 0 Å². The van der Waals surface area contributed by atoms with Gasteiger partial charge < -0.3 is 9.64 Å². The lowest BCUT2D eigenvalue weighted by Gasteiger charge is -2.24. The number of nitrogens with zero attached hydrogens (tertiary/aromatic N) is 1. The standard InChI is InChI=1S/C13H17NO2S/c1-16-12-7-3-2-6-11(12)13(15)14-8-4-5-10(14)9-17/h2-3,6-7,10,17H,4-5,8-9H2,1H3/t10-/m1/s1. The number of amides is 1. The van der Waals surface area contributed by atoms with Crippen molar-refractivity contribution in [3.63, 3.8) is 0 Å². The number of rotatable bonds is 3. The smallest absolute Gasteiger partial charge is 0.257 e. The van der Waals surface area contributed by atoms with Crippen LogP contribution in [-0.2, 0) is 0 Å². The fourth-order valence-electron chi connectivity index (χ4n) is 2.27. The van der Waals surface area contributed by atoms with Crippen LogP contribution in [0.5, 0.6) is 5.75 Å². The van der Waals surface area contributed by atoms with Crippen LogP contribution < -0.4 is 4.74 Å². The molecular formula is C13H17NO2S. The molecule has 1 atom stereocenters. The minimum atomic E-state index is 0.0546. The Bertz CT molecular complexity index is 408. The van der Waals surface area contributed by atoms with Gasteiger partial charge in [0.1, 0.15) is 5.75 Å². The predicted molar refractivity (Wildman–Crippen MR) is 70.9 cm³/mol. The van der Waals surface area contributed by atoms with Crippen molar-refractivity contribution in [3.8, 4) is 5.75 Å². The Morgan fingerprint density at radius 3 is 3.00 bits per heavy atom. The Labute approximate surface area is 107 Å². The normalized spacial score (nSPS) is 19.4. The summed E-state index contributed by atoms with van der Waals surface area (Å²) < 4.78 is 5.23. The van der Waals surface area contributed by atoms with E-state index in [-0.39, 0.29) is 11.9 Å². The average molecular weight is 251 g/mol. The van der Waals surface area contributed by atoms with Crippen molar-refractivity contribution in [1.29, 1.82) is 0 Å². The van der Waals surface area contributed by atoms with Gasteiger partial charge in [0.05, 0.1) is 12.7 Å². The van der Waals surface area contributed by atoms with Crippen LogP contribution in [0, 0.1) is 0 Å². The first-order chi connectivity index (χ1) is 8.27. The van der Waals surface area contributed by atoms with Gasteiger partial charge in [-0.15, -0.1) is 0 Å². The maximum absolute atomic E-state index is 12.4. The number of para-hydroxylation sites is 1. The van der Waals surface area contributed by atoms with Crippen LogP contribution >= 0.6 is 12.6 Å². The SMILES string of the molecule is COc1ccccc1C(=O)N1CCC[C@@H]1CS. The van der Waals surface area contributed by atoms with Gasteiger partial charge >= 0.3 is 0 Å². The van der Waals surface area contributed by atoms with Gasteiger partial charge in [-0.2, -0.15) is 12.6 Å². The molecule has 1 aromatic carbocycles. The molecule has 0 unspecified atom stereocenters. The number of hydrogen-bond donors (Lipinski definition) is 1. The summed E-state index contributed by atoms with van der Waals surface area (Å²) in [5, 5.41) is 0. The third-order valence-electron chi connectivity index (χ3n) is 3.19. The van der Waals surface area contributed by atoms with Crippen molar-refractivity contribution in [1.82, 2.24) is 4.90 Å². The molecule has 0 saturated carbocycles. The second-order valence-electron chi connectivity index (χ2n) is 4.18. The Hall–Kier alpha value is -1.16. The molecule has 2 rings (SSSR count). The molecule has 0 aliphatic carbocycles. The molecule has 0 radical (unpaired) electrons. The summed E-state index contributed by atoms with van der Waals surface area (Å²) in [6.45, 7) is 0.822. The molecular weight excluding hydrogens is 234 g/mol. The summed E-state index contributed by atoms with van der Waals surface area (Å²) in [6, 6.07) is 7.63. The molecule has 0 bridgehead atoms. The van der Waals surface area contributed by atoms with E-state index in [1.165, 1.54) is 0 Å². The molecule has 0 spiro atoms. The monoisotopic (exact) mass is 251 g/mol. The number of carbonyl (C=O) groups is 1. The van der Waals surface area contributed by atoms with E-state index in [9.17, 15) is 4.79 Å². The zero-order chi connectivity index (χ0) is 12.3. The van der Waals surface area contributed by atoms with Crippen LogP contribution in [0.1, 0.15) is 23.2 Å². The molecule has 0 N–H and O–H groups in total. The molecule has 0 aromatic heterocycles. The first-order valence-electron chi connectivity index (χ1n) is 5.82. The number of thiol groups is 1. The van der Waals surface area contributed by atoms with E-state index in [2.05, 4.69) is 12.6 Å². The second-order valence-corrected chi connectivity index (χ2v) is 4.54. The van der Waals surface area contributed by atoms with E-state index < -0.39 is 0 Å². The maximum atomic E-state index is 12.4. The summed E-state index contributed by atoms with van der Waals surface area (Å²) in [6.07, 6.45) is 2.11. The second kappa shape index (κ2) is 5.45. The van der Waals surface area contributed by atoms with Crippen molar-refractivity contribution < 1.29 is 9.53 Å². The van der Waals surface area contributed by atoms with Crippen LogP contribution in [-0.4, -0.2) is 36.3 Å². The highest BCUT2D eigenvalue weighted by Crippen LogP contribution is 2.25. The number of ether oxygens (including phenoxy) is 1. The van der Waals surface area contributed by atoms with Crippen LogP contribution in [0.25, 0.3) is 0 Å². The lowest BCUT2D eigenvalue weighted by atomic mass is 10.1. The Morgan fingerprint density at radius 1 is 1.53 bits per heavy atom. The summed E-state index contributed by atoms with van der Waals surface area (Å²) in [5.41, 5.74) is 0.642. The van der Waals surface area contributed by atoms with Gasteiger partial charge in [0.2, 0.25) is 0 Å². The lowest BCUT2D eigenvalue weighted by Crippen LogP contribution is -2.36. The Balaban J connectivity index is 2.24. The van der Waals surface area contributed by atoms with Gasteiger partial charge in [0.15, 0.2) is 0 Å². The van der Waals surface area contributed by atoms with Crippen molar-refractivity contribution >= 4 is 18.5 Å². The highest BCUT2D eigenvalue weighted by molar-refractivity contribution is 7.80. The van der Waals surface area contributed by atoms with E-state index in [0.717, 1.165) is 25.1 Å². The molecule has 1 amide bonds. The van der Waals surface area contributed by atoms with E-state index in [1.807, 2.05) is 29.2 Å². The largest absolute Gasteiger partial charge is 0.496 e. The number of methoxy groups -OCH3 is 1. The molecule has 3 nitrogen and oxygen atoms in total. The zero-order valence-electron chi connectivity index (χ0n) is 9.93. The van der Waals surface area contributed by atoms with Gasteiger partial charge in [-0.3, -0.25) is 4.79 Å². The van der Waals surface area contributed by atoms with Crippen molar-refractivity contribution in [2.45, 2.75) is 18.9 Å². The van der Waals surface area contributed by atoms with Crippen LogP contribution in [0.4, 0.5) is 0 Å². The quantitative estimate of drug-likeness (QED) is 0.835. The van der Waals surface area contributed by atoms with Gasteiger partial charge in [-0.1, -0.05) is 12.1 Å². The number of hydrogen-bond acceptors (Lipinski definition) is 3.